The van der Waals surface area contributed by atoms with E-state index in [0.29, 0.717) is 5.82 Å². The fourth-order valence-electron chi connectivity index (χ4n) is 2.01. The number of aliphatic hydroxyl groups is 1. The van der Waals surface area contributed by atoms with Gasteiger partial charge in [0.05, 0.1) is 11.8 Å². The molecule has 0 aliphatic carbocycles. The first-order valence-corrected chi connectivity index (χ1v) is 7.28. The van der Waals surface area contributed by atoms with Crippen molar-refractivity contribution in [1.82, 2.24) is 20.2 Å². The summed E-state index contributed by atoms with van der Waals surface area (Å²) in [7, 11) is 0. The smallest absolute Gasteiger partial charge is 0.205 e. The summed E-state index contributed by atoms with van der Waals surface area (Å²) in [5.41, 5.74) is 2.52. The Morgan fingerprint density at radius 1 is 1.14 bits per heavy atom. The molecule has 1 aromatic heterocycles. The molecule has 0 bridgehead atoms. The molecule has 3 aromatic rings. The van der Waals surface area contributed by atoms with Gasteiger partial charge in [0, 0.05) is 10.0 Å². The van der Waals surface area contributed by atoms with Gasteiger partial charge in [-0.05, 0) is 29.8 Å². The van der Waals surface area contributed by atoms with Crippen LogP contribution in [0.3, 0.4) is 0 Å². The van der Waals surface area contributed by atoms with Gasteiger partial charge in [-0.15, -0.1) is 15.0 Å². The molecule has 0 fully saturated rings. The van der Waals surface area contributed by atoms with Crippen LogP contribution in [0, 0.1) is 0 Å². The van der Waals surface area contributed by atoms with E-state index in [1.54, 1.807) is 6.92 Å². The van der Waals surface area contributed by atoms with Gasteiger partial charge in [-0.2, -0.15) is 0 Å². The van der Waals surface area contributed by atoms with E-state index in [1.165, 1.54) is 4.80 Å². The molecule has 1 atom stereocenters. The predicted octanol–water partition coefficient (Wildman–Crippen LogP) is 3.15. The minimum Gasteiger partial charge on any atom is -0.389 e. The van der Waals surface area contributed by atoms with Crippen LogP contribution in [0.1, 0.15) is 18.6 Å². The van der Waals surface area contributed by atoms with Gasteiger partial charge in [0.2, 0.25) is 5.82 Å². The van der Waals surface area contributed by atoms with Crippen LogP contribution in [0.15, 0.2) is 53.0 Å². The second-order valence-electron chi connectivity index (χ2n) is 4.65. The van der Waals surface area contributed by atoms with Crippen LogP contribution >= 0.6 is 15.9 Å². The summed E-state index contributed by atoms with van der Waals surface area (Å²) in [6, 6.07) is 15.2. The van der Waals surface area contributed by atoms with E-state index in [-0.39, 0.29) is 0 Å². The quantitative estimate of drug-likeness (QED) is 0.792. The van der Waals surface area contributed by atoms with E-state index in [2.05, 4.69) is 31.3 Å². The molecular formula is C15H13BrN4O. The Bertz CT molecular complexity index is 755. The molecule has 0 aliphatic rings. The lowest BCUT2D eigenvalue weighted by molar-refractivity contribution is 0.198. The Hall–Kier alpha value is -2.05. The lowest BCUT2D eigenvalue weighted by Gasteiger charge is -2.08. The highest BCUT2D eigenvalue weighted by atomic mass is 79.9. The number of hydrogen-bond donors (Lipinski definition) is 1. The molecule has 0 amide bonds. The third-order valence-electron chi connectivity index (χ3n) is 3.11. The molecule has 3 rings (SSSR count). The molecule has 1 N–H and O–H groups in total. The number of halogens is 1. The Morgan fingerprint density at radius 3 is 2.57 bits per heavy atom. The van der Waals surface area contributed by atoms with Gasteiger partial charge in [-0.25, -0.2) is 0 Å². The fraction of sp³-hybridized carbons (Fsp3) is 0.133. The Kier molecular flexibility index (Phi) is 3.81. The Labute approximate surface area is 130 Å². The van der Waals surface area contributed by atoms with Crippen LogP contribution in [-0.2, 0) is 0 Å². The lowest BCUT2D eigenvalue weighted by atomic mass is 10.1. The van der Waals surface area contributed by atoms with Crippen LogP contribution in [0.4, 0.5) is 0 Å². The maximum Gasteiger partial charge on any atom is 0.205 e. The monoisotopic (exact) mass is 344 g/mol. The van der Waals surface area contributed by atoms with Gasteiger partial charge < -0.3 is 5.11 Å². The molecule has 0 spiro atoms. The number of benzene rings is 2. The molecule has 6 heteroatoms. The summed E-state index contributed by atoms with van der Waals surface area (Å²) in [5, 5.41) is 22.2. The van der Waals surface area contributed by atoms with Crippen molar-refractivity contribution in [1.29, 1.82) is 0 Å². The molecule has 0 radical (unpaired) electrons. The van der Waals surface area contributed by atoms with E-state index >= 15 is 0 Å². The SMILES string of the molecule is C[C@H](O)c1ccc(-n2nnc(-c3ccccc3)n2)cc1Br. The zero-order valence-corrected chi connectivity index (χ0v) is 12.9. The molecule has 0 saturated heterocycles. The molecule has 5 nitrogen and oxygen atoms in total. The summed E-state index contributed by atoms with van der Waals surface area (Å²) >= 11 is 3.45. The summed E-state index contributed by atoms with van der Waals surface area (Å²) in [5.74, 6) is 0.575. The molecule has 0 unspecified atom stereocenters. The van der Waals surface area contributed by atoms with E-state index in [1.807, 2.05) is 48.5 Å². The van der Waals surface area contributed by atoms with Crippen LogP contribution in [0.25, 0.3) is 17.1 Å². The maximum atomic E-state index is 9.64. The highest BCUT2D eigenvalue weighted by Crippen LogP contribution is 2.25. The van der Waals surface area contributed by atoms with Crippen molar-refractivity contribution in [3.8, 4) is 17.1 Å². The predicted molar refractivity (Wildman–Crippen MR) is 82.9 cm³/mol. The second kappa shape index (κ2) is 5.75. The first-order valence-electron chi connectivity index (χ1n) is 6.48. The second-order valence-corrected chi connectivity index (χ2v) is 5.50. The molecule has 0 aliphatic heterocycles. The topological polar surface area (TPSA) is 63.8 Å². The van der Waals surface area contributed by atoms with Crippen LogP contribution in [0.5, 0.6) is 0 Å². The summed E-state index contributed by atoms with van der Waals surface area (Å²) < 4.78 is 0.813. The van der Waals surface area contributed by atoms with Gasteiger partial charge in [-0.1, -0.05) is 52.3 Å². The normalized spacial score (nSPS) is 12.3. The number of rotatable bonds is 3. The average Bonchev–Trinajstić information content (AvgIpc) is 2.97. The van der Waals surface area contributed by atoms with E-state index < -0.39 is 6.10 Å². The first-order chi connectivity index (χ1) is 10.1. The van der Waals surface area contributed by atoms with Gasteiger partial charge in [-0.3, -0.25) is 0 Å². The average molecular weight is 345 g/mol. The zero-order chi connectivity index (χ0) is 14.8. The minimum atomic E-state index is -0.531. The highest BCUT2D eigenvalue weighted by molar-refractivity contribution is 9.10. The Balaban J connectivity index is 1.95. The first kappa shape index (κ1) is 13.9. The van der Waals surface area contributed by atoms with Crippen molar-refractivity contribution in [2.45, 2.75) is 13.0 Å². The van der Waals surface area contributed by atoms with Crippen molar-refractivity contribution in [3.05, 3.63) is 58.6 Å². The summed E-state index contributed by atoms with van der Waals surface area (Å²) in [4.78, 5) is 1.47. The van der Waals surface area contributed by atoms with Gasteiger partial charge >= 0.3 is 0 Å². The number of nitrogens with zero attached hydrogens (tertiary/aromatic N) is 4. The molecule has 0 saturated carbocycles. The van der Waals surface area contributed by atoms with E-state index in [0.717, 1.165) is 21.3 Å². The van der Waals surface area contributed by atoms with Crippen LogP contribution in [0.2, 0.25) is 0 Å². The van der Waals surface area contributed by atoms with Crippen molar-refractivity contribution in [2.24, 2.45) is 0 Å². The number of aliphatic hydroxyl groups excluding tert-OH is 1. The molecular weight excluding hydrogens is 332 g/mol. The maximum absolute atomic E-state index is 9.64. The van der Waals surface area contributed by atoms with Crippen LogP contribution < -0.4 is 0 Å². The van der Waals surface area contributed by atoms with Crippen LogP contribution in [-0.4, -0.2) is 25.3 Å². The summed E-state index contributed by atoms with van der Waals surface area (Å²) in [6.07, 6.45) is -0.531. The van der Waals surface area contributed by atoms with Crippen molar-refractivity contribution in [3.63, 3.8) is 0 Å². The van der Waals surface area contributed by atoms with Gasteiger partial charge in [0.15, 0.2) is 0 Å². The largest absolute Gasteiger partial charge is 0.389 e. The lowest BCUT2D eigenvalue weighted by Crippen LogP contribution is -2.01. The van der Waals surface area contributed by atoms with E-state index in [4.69, 9.17) is 0 Å². The standard InChI is InChI=1S/C15H13BrN4O/c1-10(21)13-8-7-12(9-14(13)16)20-18-15(17-19-20)11-5-3-2-4-6-11/h2-10,21H,1H3/t10-/m0/s1. The molecule has 2 aromatic carbocycles. The number of hydrogen-bond acceptors (Lipinski definition) is 4. The van der Waals surface area contributed by atoms with Crippen molar-refractivity contribution < 1.29 is 5.11 Å². The molecule has 21 heavy (non-hydrogen) atoms. The highest BCUT2D eigenvalue weighted by Gasteiger charge is 2.10. The van der Waals surface area contributed by atoms with Gasteiger partial charge in [0.1, 0.15) is 0 Å². The van der Waals surface area contributed by atoms with Gasteiger partial charge in [0.25, 0.3) is 0 Å². The zero-order valence-electron chi connectivity index (χ0n) is 11.3. The number of aromatic nitrogens is 4. The fourth-order valence-corrected chi connectivity index (χ4v) is 2.70. The third kappa shape index (κ3) is 2.86. The summed E-state index contributed by atoms with van der Waals surface area (Å²) in [6.45, 7) is 1.72. The molecule has 1 heterocycles. The Morgan fingerprint density at radius 2 is 1.90 bits per heavy atom. The van der Waals surface area contributed by atoms with Crippen molar-refractivity contribution >= 4 is 15.9 Å². The molecule has 106 valence electrons. The van der Waals surface area contributed by atoms with E-state index in [9.17, 15) is 5.11 Å². The number of tetrazole rings is 1. The van der Waals surface area contributed by atoms with Crippen molar-refractivity contribution in [2.75, 3.05) is 0 Å². The third-order valence-corrected chi connectivity index (χ3v) is 3.80. The minimum absolute atomic E-state index is 0.531.